The van der Waals surface area contributed by atoms with E-state index in [4.69, 9.17) is 17.3 Å². The van der Waals surface area contributed by atoms with Gasteiger partial charge in [-0.3, -0.25) is 4.90 Å². The molecule has 118 valence electrons. The van der Waals surface area contributed by atoms with Gasteiger partial charge in [-0.25, -0.2) is 0 Å². The van der Waals surface area contributed by atoms with E-state index in [1.165, 1.54) is 17.7 Å². The fourth-order valence-corrected chi connectivity index (χ4v) is 5.37. The van der Waals surface area contributed by atoms with Crippen molar-refractivity contribution in [3.05, 3.63) is 34.9 Å². The van der Waals surface area contributed by atoms with E-state index in [2.05, 4.69) is 44.9 Å². The Labute approximate surface area is 138 Å². The fraction of sp³-hybridized carbons (Fsp3) is 0.647. The molecule has 0 bridgehead atoms. The van der Waals surface area contributed by atoms with Crippen LogP contribution in [0.25, 0.3) is 0 Å². The summed E-state index contributed by atoms with van der Waals surface area (Å²) in [5, 5.41) is 0.788. The SMILES string of the molecule is CC(c1ccc(Cl)cc1)N(C)C1(CN)CSCCC1(C)C. The highest BCUT2D eigenvalue weighted by Gasteiger charge is 2.50. The molecule has 1 aliphatic heterocycles. The van der Waals surface area contributed by atoms with E-state index < -0.39 is 0 Å². The predicted octanol–water partition coefficient (Wildman–Crippen LogP) is 4.19. The van der Waals surface area contributed by atoms with Crippen molar-refractivity contribution in [1.82, 2.24) is 4.90 Å². The largest absolute Gasteiger partial charge is 0.329 e. The van der Waals surface area contributed by atoms with Crippen LogP contribution in [0.5, 0.6) is 0 Å². The van der Waals surface area contributed by atoms with Gasteiger partial charge < -0.3 is 5.73 Å². The number of nitrogens with zero attached hydrogens (tertiary/aromatic N) is 1. The van der Waals surface area contributed by atoms with Gasteiger partial charge in [0, 0.05) is 28.9 Å². The molecule has 1 heterocycles. The molecule has 0 saturated carbocycles. The normalized spacial score (nSPS) is 26.8. The summed E-state index contributed by atoms with van der Waals surface area (Å²) < 4.78 is 0. The third kappa shape index (κ3) is 3.12. The van der Waals surface area contributed by atoms with Crippen molar-refractivity contribution in [1.29, 1.82) is 0 Å². The molecular weight excluding hydrogens is 300 g/mol. The molecule has 2 unspecified atom stereocenters. The average Bonchev–Trinajstić information content (AvgIpc) is 2.46. The number of likely N-dealkylation sites (N-methyl/N-ethyl adjacent to an activating group) is 1. The predicted molar refractivity (Wildman–Crippen MR) is 95.1 cm³/mol. The van der Waals surface area contributed by atoms with Crippen LogP contribution < -0.4 is 5.73 Å². The van der Waals surface area contributed by atoms with Crippen molar-refractivity contribution in [3.8, 4) is 0 Å². The molecule has 0 spiro atoms. The van der Waals surface area contributed by atoms with Gasteiger partial charge in [0.05, 0.1) is 0 Å². The molecule has 21 heavy (non-hydrogen) atoms. The van der Waals surface area contributed by atoms with Crippen LogP contribution in [0.4, 0.5) is 0 Å². The van der Waals surface area contributed by atoms with Crippen molar-refractivity contribution in [2.24, 2.45) is 11.1 Å². The van der Waals surface area contributed by atoms with E-state index in [0.717, 1.165) is 10.8 Å². The van der Waals surface area contributed by atoms with Crippen molar-refractivity contribution < 1.29 is 0 Å². The average molecular weight is 327 g/mol. The van der Waals surface area contributed by atoms with E-state index in [9.17, 15) is 0 Å². The van der Waals surface area contributed by atoms with Crippen LogP contribution in [0.1, 0.15) is 38.8 Å². The van der Waals surface area contributed by atoms with Gasteiger partial charge in [-0.2, -0.15) is 11.8 Å². The van der Waals surface area contributed by atoms with Crippen molar-refractivity contribution in [2.45, 2.75) is 38.8 Å². The van der Waals surface area contributed by atoms with E-state index in [0.29, 0.717) is 12.6 Å². The minimum Gasteiger partial charge on any atom is -0.329 e. The minimum absolute atomic E-state index is 0.0367. The zero-order valence-electron chi connectivity index (χ0n) is 13.5. The number of benzene rings is 1. The van der Waals surface area contributed by atoms with Crippen molar-refractivity contribution >= 4 is 23.4 Å². The van der Waals surface area contributed by atoms with Crippen LogP contribution >= 0.6 is 23.4 Å². The maximum atomic E-state index is 6.28. The van der Waals surface area contributed by atoms with Gasteiger partial charge in [-0.1, -0.05) is 37.6 Å². The first-order valence-electron chi connectivity index (χ1n) is 7.60. The lowest BCUT2D eigenvalue weighted by Gasteiger charge is -2.56. The lowest BCUT2D eigenvalue weighted by Crippen LogP contribution is -2.65. The number of hydrogen-bond donors (Lipinski definition) is 1. The highest BCUT2D eigenvalue weighted by atomic mass is 35.5. The monoisotopic (exact) mass is 326 g/mol. The maximum Gasteiger partial charge on any atom is 0.0475 e. The molecule has 1 aromatic carbocycles. The Morgan fingerprint density at radius 1 is 1.33 bits per heavy atom. The summed E-state index contributed by atoms with van der Waals surface area (Å²) in [6.45, 7) is 7.69. The molecule has 0 radical (unpaired) electrons. The second kappa shape index (κ2) is 6.49. The Bertz CT molecular complexity index is 474. The van der Waals surface area contributed by atoms with Gasteiger partial charge in [0.1, 0.15) is 0 Å². The lowest BCUT2D eigenvalue weighted by molar-refractivity contribution is -0.00489. The molecule has 0 amide bonds. The molecule has 2 atom stereocenters. The van der Waals surface area contributed by atoms with Crippen LogP contribution in [-0.2, 0) is 0 Å². The second-order valence-electron chi connectivity index (χ2n) is 6.76. The molecule has 1 fully saturated rings. The minimum atomic E-state index is 0.0367. The highest BCUT2D eigenvalue weighted by Crippen LogP contribution is 2.47. The van der Waals surface area contributed by atoms with E-state index in [1.54, 1.807) is 0 Å². The standard InChI is InChI=1S/C17H27ClN2S/c1-13(14-5-7-15(18)8-6-14)20(4)17(11-19)12-21-10-9-16(17,2)3/h5-8,13H,9-12,19H2,1-4H3. The molecule has 1 saturated heterocycles. The van der Waals surface area contributed by atoms with Gasteiger partial charge in [-0.05, 0) is 49.3 Å². The lowest BCUT2D eigenvalue weighted by atomic mass is 9.69. The van der Waals surface area contributed by atoms with Crippen LogP contribution in [0.2, 0.25) is 5.02 Å². The van der Waals surface area contributed by atoms with Gasteiger partial charge in [0.2, 0.25) is 0 Å². The van der Waals surface area contributed by atoms with Gasteiger partial charge in [0.25, 0.3) is 0 Å². The van der Waals surface area contributed by atoms with Crippen molar-refractivity contribution in [2.75, 3.05) is 25.1 Å². The Kier molecular flexibility index (Phi) is 5.30. The molecule has 2 N–H and O–H groups in total. The Balaban J connectivity index is 2.30. The molecule has 0 aromatic heterocycles. The van der Waals surface area contributed by atoms with Crippen molar-refractivity contribution in [3.63, 3.8) is 0 Å². The Hall–Kier alpha value is -0.220. The summed E-state index contributed by atoms with van der Waals surface area (Å²) in [6, 6.07) is 8.51. The highest BCUT2D eigenvalue weighted by molar-refractivity contribution is 7.99. The van der Waals surface area contributed by atoms with Crippen LogP contribution in [0.3, 0.4) is 0 Å². The molecule has 1 aromatic rings. The summed E-state index contributed by atoms with van der Waals surface area (Å²) in [5.74, 6) is 2.34. The summed E-state index contributed by atoms with van der Waals surface area (Å²) in [6.07, 6.45) is 1.21. The van der Waals surface area contributed by atoms with Gasteiger partial charge in [0.15, 0.2) is 0 Å². The summed E-state index contributed by atoms with van der Waals surface area (Å²) >= 11 is 8.04. The smallest absolute Gasteiger partial charge is 0.0475 e. The summed E-state index contributed by atoms with van der Waals surface area (Å²) in [4.78, 5) is 2.49. The first-order valence-corrected chi connectivity index (χ1v) is 9.13. The topological polar surface area (TPSA) is 29.3 Å². The molecule has 4 heteroatoms. The van der Waals surface area contributed by atoms with Crippen LogP contribution in [0, 0.1) is 5.41 Å². The number of rotatable bonds is 4. The quantitative estimate of drug-likeness (QED) is 0.899. The molecule has 2 rings (SSSR count). The van der Waals surface area contributed by atoms with E-state index >= 15 is 0 Å². The molecule has 1 aliphatic rings. The number of hydrogen-bond acceptors (Lipinski definition) is 3. The van der Waals surface area contributed by atoms with Crippen LogP contribution in [-0.4, -0.2) is 35.5 Å². The number of thioether (sulfide) groups is 1. The fourth-order valence-electron chi connectivity index (χ4n) is 3.39. The third-order valence-electron chi connectivity index (χ3n) is 5.42. The summed E-state index contributed by atoms with van der Waals surface area (Å²) in [7, 11) is 2.22. The van der Waals surface area contributed by atoms with Crippen LogP contribution in [0.15, 0.2) is 24.3 Å². The summed E-state index contributed by atoms with van der Waals surface area (Å²) in [5.41, 5.74) is 7.83. The second-order valence-corrected chi connectivity index (χ2v) is 8.30. The number of halogens is 1. The van der Waals surface area contributed by atoms with E-state index in [-0.39, 0.29) is 11.0 Å². The molecular formula is C17H27ClN2S. The first-order chi connectivity index (χ1) is 9.84. The molecule has 2 nitrogen and oxygen atoms in total. The zero-order valence-corrected chi connectivity index (χ0v) is 15.1. The van der Waals surface area contributed by atoms with Gasteiger partial charge >= 0.3 is 0 Å². The first kappa shape index (κ1) is 17.1. The number of nitrogens with two attached hydrogens (primary N) is 1. The van der Waals surface area contributed by atoms with E-state index in [1.807, 2.05) is 23.9 Å². The Morgan fingerprint density at radius 2 is 1.95 bits per heavy atom. The third-order valence-corrected chi connectivity index (χ3v) is 6.84. The maximum absolute atomic E-state index is 6.28. The Morgan fingerprint density at radius 3 is 2.48 bits per heavy atom. The van der Waals surface area contributed by atoms with Gasteiger partial charge in [-0.15, -0.1) is 0 Å². The molecule has 0 aliphatic carbocycles. The zero-order chi connectivity index (χ0) is 15.7.